The Morgan fingerprint density at radius 2 is 1.83 bits per heavy atom. The molecule has 0 heterocycles. The van der Waals surface area contributed by atoms with Gasteiger partial charge in [0.05, 0.1) is 6.61 Å². The molecule has 4 nitrogen and oxygen atoms in total. The maximum atomic E-state index is 12.2. The standard InChI is InChI=1S/C18H17ClO4/c1-2-10-22-17-9-8-14(19)11-15(17)18(21)23-12-16(20)13-6-4-3-5-7-13/h3-9,11H,2,10,12H2,1H3. The topological polar surface area (TPSA) is 52.6 Å². The van der Waals surface area contributed by atoms with Crippen LogP contribution in [-0.4, -0.2) is 25.0 Å². The first-order chi connectivity index (χ1) is 11.1. The normalized spacial score (nSPS) is 10.2. The van der Waals surface area contributed by atoms with Crippen LogP contribution < -0.4 is 4.74 Å². The van der Waals surface area contributed by atoms with Crippen LogP contribution in [0, 0.1) is 0 Å². The Bertz CT molecular complexity index is 683. The zero-order valence-corrected chi connectivity index (χ0v) is 13.5. The maximum Gasteiger partial charge on any atom is 0.342 e. The van der Waals surface area contributed by atoms with Crippen molar-refractivity contribution in [1.82, 2.24) is 0 Å². The molecule has 23 heavy (non-hydrogen) atoms. The monoisotopic (exact) mass is 332 g/mol. The number of halogens is 1. The van der Waals surface area contributed by atoms with Gasteiger partial charge in [-0.05, 0) is 24.6 Å². The van der Waals surface area contributed by atoms with Gasteiger partial charge in [-0.1, -0.05) is 48.9 Å². The number of ether oxygens (including phenoxy) is 2. The molecule has 0 bridgehead atoms. The maximum absolute atomic E-state index is 12.2. The van der Waals surface area contributed by atoms with Crippen molar-refractivity contribution in [2.45, 2.75) is 13.3 Å². The number of hydrogen-bond donors (Lipinski definition) is 0. The lowest BCUT2D eigenvalue weighted by Crippen LogP contribution is -2.15. The average molecular weight is 333 g/mol. The fraction of sp³-hybridized carbons (Fsp3) is 0.222. The van der Waals surface area contributed by atoms with Gasteiger partial charge in [-0.2, -0.15) is 0 Å². The van der Waals surface area contributed by atoms with Crippen LogP contribution in [0.2, 0.25) is 5.02 Å². The summed E-state index contributed by atoms with van der Waals surface area (Å²) in [5.41, 5.74) is 0.709. The molecule has 0 saturated heterocycles. The minimum Gasteiger partial charge on any atom is -0.493 e. The molecular formula is C18H17ClO4. The van der Waals surface area contributed by atoms with Crippen LogP contribution in [-0.2, 0) is 4.74 Å². The molecule has 0 aromatic heterocycles. The molecular weight excluding hydrogens is 316 g/mol. The number of carbonyl (C=O) groups excluding carboxylic acids is 2. The van der Waals surface area contributed by atoms with Crippen molar-refractivity contribution < 1.29 is 19.1 Å². The van der Waals surface area contributed by atoms with E-state index >= 15 is 0 Å². The second kappa shape index (κ2) is 8.34. The third-order valence-electron chi connectivity index (χ3n) is 3.05. The van der Waals surface area contributed by atoms with Crippen LogP contribution >= 0.6 is 11.6 Å². The Morgan fingerprint density at radius 3 is 2.52 bits per heavy atom. The summed E-state index contributed by atoms with van der Waals surface area (Å²) in [5, 5.41) is 0.398. The highest BCUT2D eigenvalue weighted by atomic mass is 35.5. The predicted molar refractivity (Wildman–Crippen MR) is 88.3 cm³/mol. The van der Waals surface area contributed by atoms with E-state index in [1.54, 1.807) is 36.4 Å². The molecule has 0 aliphatic rings. The molecule has 0 atom stereocenters. The van der Waals surface area contributed by atoms with E-state index in [4.69, 9.17) is 21.1 Å². The summed E-state index contributed by atoms with van der Waals surface area (Å²) >= 11 is 5.92. The number of carbonyl (C=O) groups is 2. The van der Waals surface area contributed by atoms with E-state index in [2.05, 4.69) is 0 Å². The quantitative estimate of drug-likeness (QED) is 0.564. The summed E-state index contributed by atoms with van der Waals surface area (Å²) in [6.45, 7) is 2.11. The van der Waals surface area contributed by atoms with Gasteiger partial charge in [0.15, 0.2) is 12.4 Å². The highest BCUT2D eigenvalue weighted by Crippen LogP contribution is 2.24. The second-order valence-corrected chi connectivity index (χ2v) is 5.29. The molecule has 0 fully saturated rings. The Morgan fingerprint density at radius 1 is 1.09 bits per heavy atom. The van der Waals surface area contributed by atoms with Gasteiger partial charge in [0.1, 0.15) is 11.3 Å². The molecule has 120 valence electrons. The molecule has 0 aliphatic heterocycles. The van der Waals surface area contributed by atoms with E-state index in [9.17, 15) is 9.59 Å². The van der Waals surface area contributed by atoms with Crippen molar-refractivity contribution in [3.63, 3.8) is 0 Å². The molecule has 2 aromatic carbocycles. The summed E-state index contributed by atoms with van der Waals surface area (Å²) in [6, 6.07) is 13.4. The van der Waals surface area contributed by atoms with E-state index in [-0.39, 0.29) is 18.0 Å². The van der Waals surface area contributed by atoms with Crippen LogP contribution in [0.15, 0.2) is 48.5 Å². The highest BCUT2D eigenvalue weighted by molar-refractivity contribution is 6.31. The minimum atomic E-state index is -0.636. The zero-order chi connectivity index (χ0) is 16.7. The fourth-order valence-electron chi connectivity index (χ4n) is 1.92. The number of esters is 1. The Hall–Kier alpha value is -2.33. The first kappa shape index (κ1) is 17.0. The van der Waals surface area contributed by atoms with E-state index in [0.29, 0.717) is 22.9 Å². The van der Waals surface area contributed by atoms with Gasteiger partial charge in [0.2, 0.25) is 0 Å². The van der Waals surface area contributed by atoms with Crippen LogP contribution in [0.1, 0.15) is 34.1 Å². The van der Waals surface area contributed by atoms with Gasteiger partial charge in [-0.3, -0.25) is 4.79 Å². The average Bonchev–Trinajstić information content (AvgIpc) is 2.59. The first-order valence-corrected chi connectivity index (χ1v) is 7.67. The van der Waals surface area contributed by atoms with E-state index < -0.39 is 5.97 Å². The van der Waals surface area contributed by atoms with Crippen molar-refractivity contribution in [1.29, 1.82) is 0 Å². The third-order valence-corrected chi connectivity index (χ3v) is 3.29. The third kappa shape index (κ3) is 4.83. The van der Waals surface area contributed by atoms with E-state index in [1.807, 2.05) is 13.0 Å². The molecule has 0 aliphatic carbocycles. The number of Topliss-reactive ketones (excluding diaryl/α,β-unsaturated/α-hetero) is 1. The van der Waals surface area contributed by atoms with Gasteiger partial charge in [-0.25, -0.2) is 4.79 Å². The molecule has 0 amide bonds. The largest absolute Gasteiger partial charge is 0.493 e. The number of ketones is 1. The molecule has 0 radical (unpaired) electrons. The Labute approximate surface area is 140 Å². The van der Waals surface area contributed by atoms with Crippen molar-refractivity contribution in [3.8, 4) is 5.75 Å². The number of benzene rings is 2. The molecule has 2 aromatic rings. The van der Waals surface area contributed by atoms with Gasteiger partial charge in [0, 0.05) is 10.6 Å². The van der Waals surface area contributed by atoms with Gasteiger partial charge < -0.3 is 9.47 Å². The number of hydrogen-bond acceptors (Lipinski definition) is 4. The van der Waals surface area contributed by atoms with E-state index in [0.717, 1.165) is 6.42 Å². The fourth-order valence-corrected chi connectivity index (χ4v) is 2.09. The molecule has 0 saturated carbocycles. The summed E-state index contributed by atoms with van der Waals surface area (Å²) in [6.07, 6.45) is 0.809. The molecule has 0 N–H and O–H groups in total. The molecule has 2 rings (SSSR count). The predicted octanol–water partition coefficient (Wildman–Crippen LogP) is 4.17. The summed E-state index contributed by atoms with van der Waals surface area (Å²) in [7, 11) is 0. The van der Waals surface area contributed by atoms with Crippen molar-refractivity contribution in [3.05, 3.63) is 64.7 Å². The second-order valence-electron chi connectivity index (χ2n) is 4.85. The lowest BCUT2D eigenvalue weighted by molar-refractivity contribution is 0.0470. The Kier molecular flexibility index (Phi) is 6.18. The van der Waals surface area contributed by atoms with Crippen LogP contribution in [0.4, 0.5) is 0 Å². The minimum absolute atomic E-state index is 0.215. The van der Waals surface area contributed by atoms with Gasteiger partial charge >= 0.3 is 5.97 Å². The molecule has 0 spiro atoms. The highest BCUT2D eigenvalue weighted by Gasteiger charge is 2.17. The smallest absolute Gasteiger partial charge is 0.342 e. The molecule has 5 heteroatoms. The zero-order valence-electron chi connectivity index (χ0n) is 12.8. The lowest BCUT2D eigenvalue weighted by atomic mass is 10.1. The van der Waals surface area contributed by atoms with Crippen molar-refractivity contribution >= 4 is 23.4 Å². The van der Waals surface area contributed by atoms with Gasteiger partial charge in [0.25, 0.3) is 0 Å². The summed E-state index contributed by atoms with van der Waals surface area (Å²) in [4.78, 5) is 24.2. The summed E-state index contributed by atoms with van der Waals surface area (Å²) < 4.78 is 10.6. The first-order valence-electron chi connectivity index (χ1n) is 7.29. The lowest BCUT2D eigenvalue weighted by Gasteiger charge is -2.11. The number of rotatable bonds is 7. The van der Waals surface area contributed by atoms with Crippen LogP contribution in [0.3, 0.4) is 0 Å². The van der Waals surface area contributed by atoms with Crippen molar-refractivity contribution in [2.24, 2.45) is 0 Å². The van der Waals surface area contributed by atoms with Crippen molar-refractivity contribution in [2.75, 3.05) is 13.2 Å². The van der Waals surface area contributed by atoms with E-state index in [1.165, 1.54) is 6.07 Å². The van der Waals surface area contributed by atoms with Crippen LogP contribution in [0.5, 0.6) is 5.75 Å². The SMILES string of the molecule is CCCOc1ccc(Cl)cc1C(=O)OCC(=O)c1ccccc1. The van der Waals surface area contributed by atoms with Gasteiger partial charge in [-0.15, -0.1) is 0 Å². The van der Waals surface area contributed by atoms with Crippen LogP contribution in [0.25, 0.3) is 0 Å². The Balaban J connectivity index is 2.05. The molecule has 0 unspecified atom stereocenters. The summed E-state index contributed by atoms with van der Waals surface area (Å²) in [5.74, 6) is -0.506.